The third-order valence-electron chi connectivity index (χ3n) is 2.61. The molecule has 17 heavy (non-hydrogen) atoms. The Labute approximate surface area is 105 Å². The molecule has 2 rings (SSSR count). The Hall–Kier alpha value is -1.55. The summed E-state index contributed by atoms with van der Waals surface area (Å²) in [7, 11) is 0. The number of benzene rings is 1. The molecule has 1 N–H and O–H groups in total. The molecule has 90 valence electrons. The van der Waals surface area contributed by atoms with E-state index in [1.165, 1.54) is 4.90 Å². The molecule has 5 heteroatoms. The van der Waals surface area contributed by atoms with Crippen molar-refractivity contribution in [1.82, 2.24) is 10.2 Å². The number of amides is 2. The molecule has 1 aliphatic rings. The Balaban J connectivity index is 2.21. The summed E-state index contributed by atoms with van der Waals surface area (Å²) >= 11 is 5.91. The van der Waals surface area contributed by atoms with Gasteiger partial charge in [0.1, 0.15) is 0 Å². The second-order valence-electron chi connectivity index (χ2n) is 4.09. The van der Waals surface area contributed by atoms with E-state index < -0.39 is 0 Å². The Kier molecular flexibility index (Phi) is 3.33. The molecule has 0 unspecified atom stereocenters. The van der Waals surface area contributed by atoms with Gasteiger partial charge in [0.25, 0.3) is 5.91 Å². The van der Waals surface area contributed by atoms with Crippen molar-refractivity contribution >= 4 is 23.4 Å². The summed E-state index contributed by atoms with van der Waals surface area (Å²) in [5.41, 5.74) is 1.46. The first-order chi connectivity index (χ1) is 8.06. The van der Waals surface area contributed by atoms with Crippen LogP contribution in [0.5, 0.6) is 0 Å². The summed E-state index contributed by atoms with van der Waals surface area (Å²) < 4.78 is 0. The van der Waals surface area contributed by atoms with E-state index in [0.29, 0.717) is 23.7 Å². The molecule has 1 aromatic rings. The first-order valence-electron chi connectivity index (χ1n) is 5.39. The van der Waals surface area contributed by atoms with Gasteiger partial charge in [-0.15, -0.1) is 0 Å². The summed E-state index contributed by atoms with van der Waals surface area (Å²) in [5, 5.41) is 3.22. The zero-order valence-corrected chi connectivity index (χ0v) is 10.3. The predicted octanol–water partition coefficient (Wildman–Crippen LogP) is 1.22. The van der Waals surface area contributed by atoms with Gasteiger partial charge in [-0.05, 0) is 30.7 Å². The monoisotopic (exact) mass is 252 g/mol. The number of carbonyl (C=O) groups is 2. The van der Waals surface area contributed by atoms with Gasteiger partial charge in [-0.25, -0.2) is 0 Å². The van der Waals surface area contributed by atoms with Gasteiger partial charge in [-0.1, -0.05) is 11.6 Å². The third-order valence-corrected chi connectivity index (χ3v) is 2.83. The fourth-order valence-electron chi connectivity index (χ4n) is 1.85. The van der Waals surface area contributed by atoms with Gasteiger partial charge in [0.15, 0.2) is 0 Å². The normalized spacial score (nSPS) is 15.6. The molecule has 0 radical (unpaired) electrons. The van der Waals surface area contributed by atoms with Gasteiger partial charge in [0.05, 0.1) is 6.54 Å². The van der Waals surface area contributed by atoms with Gasteiger partial charge in [0, 0.05) is 23.7 Å². The van der Waals surface area contributed by atoms with Crippen LogP contribution in [0.3, 0.4) is 0 Å². The molecule has 1 aromatic carbocycles. The highest BCUT2D eigenvalue weighted by molar-refractivity contribution is 6.31. The second kappa shape index (κ2) is 4.75. The lowest BCUT2D eigenvalue weighted by Crippen LogP contribution is -2.49. The van der Waals surface area contributed by atoms with Crippen molar-refractivity contribution in [2.24, 2.45) is 0 Å². The lowest BCUT2D eigenvalue weighted by atomic mass is 10.1. The minimum atomic E-state index is -0.148. The maximum absolute atomic E-state index is 12.1. The van der Waals surface area contributed by atoms with Crippen molar-refractivity contribution in [2.45, 2.75) is 6.92 Å². The van der Waals surface area contributed by atoms with E-state index >= 15 is 0 Å². The van der Waals surface area contributed by atoms with Gasteiger partial charge >= 0.3 is 0 Å². The highest BCUT2D eigenvalue weighted by Gasteiger charge is 2.22. The molecule has 1 saturated heterocycles. The average molecular weight is 253 g/mol. The van der Waals surface area contributed by atoms with Crippen LogP contribution in [0.15, 0.2) is 18.2 Å². The summed E-state index contributed by atoms with van der Waals surface area (Å²) in [4.78, 5) is 24.9. The molecule has 0 aliphatic carbocycles. The molecule has 1 heterocycles. The van der Waals surface area contributed by atoms with E-state index in [-0.39, 0.29) is 18.4 Å². The Bertz CT molecular complexity index is 453. The van der Waals surface area contributed by atoms with E-state index in [2.05, 4.69) is 5.32 Å². The Morgan fingerprint density at radius 3 is 2.82 bits per heavy atom. The lowest BCUT2D eigenvalue weighted by molar-refractivity contribution is -0.123. The quantitative estimate of drug-likeness (QED) is 0.817. The first-order valence-corrected chi connectivity index (χ1v) is 5.77. The van der Waals surface area contributed by atoms with Crippen molar-refractivity contribution in [3.05, 3.63) is 34.3 Å². The Morgan fingerprint density at radius 2 is 2.18 bits per heavy atom. The van der Waals surface area contributed by atoms with Gasteiger partial charge in [0.2, 0.25) is 5.91 Å². The second-order valence-corrected chi connectivity index (χ2v) is 4.53. The third kappa shape index (κ3) is 2.77. The summed E-state index contributed by atoms with van der Waals surface area (Å²) in [6.07, 6.45) is 0. The van der Waals surface area contributed by atoms with Crippen molar-refractivity contribution in [2.75, 3.05) is 19.6 Å². The zero-order chi connectivity index (χ0) is 12.4. The zero-order valence-electron chi connectivity index (χ0n) is 9.50. The largest absolute Gasteiger partial charge is 0.353 e. The molecule has 0 aromatic heterocycles. The van der Waals surface area contributed by atoms with Crippen LogP contribution in [0.2, 0.25) is 5.02 Å². The first kappa shape index (κ1) is 11.9. The van der Waals surface area contributed by atoms with Crippen molar-refractivity contribution in [3.8, 4) is 0 Å². The molecular formula is C12H13ClN2O2. The number of aryl methyl sites for hydroxylation is 1. The molecule has 2 amide bonds. The standard InChI is InChI=1S/C12H13ClN2O2/c1-8-4-9(6-10(13)5-8)12(17)15-3-2-14-11(16)7-15/h4-6H,2-3,7H2,1H3,(H,14,16). The van der Waals surface area contributed by atoms with E-state index in [4.69, 9.17) is 11.6 Å². The molecule has 0 saturated carbocycles. The van der Waals surface area contributed by atoms with Gasteiger partial charge < -0.3 is 10.2 Å². The van der Waals surface area contributed by atoms with E-state index in [1.807, 2.05) is 6.92 Å². The van der Waals surface area contributed by atoms with Gasteiger partial charge in [-0.2, -0.15) is 0 Å². The number of nitrogens with one attached hydrogen (secondary N) is 1. The number of hydrogen-bond donors (Lipinski definition) is 1. The SMILES string of the molecule is Cc1cc(Cl)cc(C(=O)N2CCNC(=O)C2)c1. The molecule has 0 bridgehead atoms. The van der Waals surface area contributed by atoms with Crippen molar-refractivity contribution < 1.29 is 9.59 Å². The van der Waals surface area contributed by atoms with Crippen LogP contribution in [0, 0.1) is 6.92 Å². The maximum atomic E-state index is 12.1. The van der Waals surface area contributed by atoms with E-state index in [9.17, 15) is 9.59 Å². The van der Waals surface area contributed by atoms with Crippen LogP contribution in [0.25, 0.3) is 0 Å². The molecular weight excluding hydrogens is 240 g/mol. The summed E-state index contributed by atoms with van der Waals surface area (Å²) in [5.74, 6) is -0.270. The molecule has 4 nitrogen and oxygen atoms in total. The summed E-state index contributed by atoms with van der Waals surface area (Å²) in [6, 6.07) is 5.20. The number of hydrogen-bond acceptors (Lipinski definition) is 2. The van der Waals surface area contributed by atoms with E-state index in [1.54, 1.807) is 18.2 Å². The summed E-state index contributed by atoms with van der Waals surface area (Å²) in [6.45, 7) is 3.04. The topological polar surface area (TPSA) is 49.4 Å². The minimum Gasteiger partial charge on any atom is -0.353 e. The van der Waals surface area contributed by atoms with Crippen LogP contribution >= 0.6 is 11.6 Å². The van der Waals surface area contributed by atoms with Crippen LogP contribution in [0.4, 0.5) is 0 Å². The maximum Gasteiger partial charge on any atom is 0.254 e. The van der Waals surface area contributed by atoms with Crippen LogP contribution in [-0.4, -0.2) is 36.3 Å². The minimum absolute atomic E-state index is 0.115. The molecule has 1 fully saturated rings. The van der Waals surface area contributed by atoms with Gasteiger partial charge in [-0.3, -0.25) is 9.59 Å². The fourth-order valence-corrected chi connectivity index (χ4v) is 2.14. The predicted molar refractivity (Wildman–Crippen MR) is 65.1 cm³/mol. The highest BCUT2D eigenvalue weighted by atomic mass is 35.5. The highest BCUT2D eigenvalue weighted by Crippen LogP contribution is 2.16. The fraction of sp³-hybridized carbons (Fsp3) is 0.333. The lowest BCUT2D eigenvalue weighted by Gasteiger charge is -2.26. The number of carbonyl (C=O) groups excluding carboxylic acids is 2. The van der Waals surface area contributed by atoms with Crippen LogP contribution < -0.4 is 5.32 Å². The number of halogens is 1. The van der Waals surface area contributed by atoms with E-state index in [0.717, 1.165) is 5.56 Å². The van der Waals surface area contributed by atoms with Crippen molar-refractivity contribution in [3.63, 3.8) is 0 Å². The Morgan fingerprint density at radius 1 is 1.41 bits per heavy atom. The molecule has 0 spiro atoms. The van der Waals surface area contributed by atoms with Crippen LogP contribution in [-0.2, 0) is 4.79 Å². The van der Waals surface area contributed by atoms with Crippen molar-refractivity contribution in [1.29, 1.82) is 0 Å². The number of piperazine rings is 1. The molecule has 1 aliphatic heterocycles. The molecule has 0 atom stereocenters. The smallest absolute Gasteiger partial charge is 0.254 e. The number of rotatable bonds is 1. The van der Waals surface area contributed by atoms with Crippen LogP contribution in [0.1, 0.15) is 15.9 Å². The number of nitrogens with zero attached hydrogens (tertiary/aromatic N) is 1. The average Bonchev–Trinajstić information content (AvgIpc) is 2.26.